The number of hydrogen-bond donors (Lipinski definition) is 1. The molecule has 15 heteroatoms. The van der Waals surface area contributed by atoms with Crippen LogP contribution in [0.1, 0.15) is 17.1 Å². The lowest BCUT2D eigenvalue weighted by atomic mass is 10.1. The van der Waals surface area contributed by atoms with Crippen LogP contribution in [-0.2, 0) is 30.7 Å². The maximum Gasteiger partial charge on any atom is 0.416 e. The molecule has 42 heavy (non-hydrogen) atoms. The fraction of sp³-hybridized carbons (Fsp3) is 0.222. The second kappa shape index (κ2) is 12.0. The second-order valence-electron chi connectivity index (χ2n) is 9.27. The van der Waals surface area contributed by atoms with E-state index in [1.54, 1.807) is 42.9 Å². The predicted molar refractivity (Wildman–Crippen MR) is 144 cm³/mol. The number of benzene rings is 1. The summed E-state index contributed by atoms with van der Waals surface area (Å²) in [5.74, 6) is -0.0607. The maximum atomic E-state index is 13.1. The number of pyridine rings is 2. The molecule has 0 aliphatic carbocycles. The summed E-state index contributed by atoms with van der Waals surface area (Å²) in [4.78, 5) is 38.4. The van der Waals surface area contributed by atoms with Gasteiger partial charge in [0.2, 0.25) is 0 Å². The van der Waals surface area contributed by atoms with Gasteiger partial charge in [0.05, 0.1) is 24.3 Å². The summed E-state index contributed by atoms with van der Waals surface area (Å²) in [6, 6.07) is 12.9. The number of nitrogens with zero attached hydrogens (tertiary/aromatic N) is 8. The molecule has 0 saturated carbocycles. The highest BCUT2D eigenvalue weighted by atomic mass is 35.5. The first-order valence-corrected chi connectivity index (χ1v) is 12.9. The van der Waals surface area contributed by atoms with Crippen LogP contribution in [0.4, 0.5) is 13.2 Å². The van der Waals surface area contributed by atoms with Gasteiger partial charge in [0.15, 0.2) is 17.8 Å². The van der Waals surface area contributed by atoms with Gasteiger partial charge >= 0.3 is 11.9 Å². The lowest BCUT2D eigenvalue weighted by Gasteiger charge is -2.15. The average molecular weight is 599 g/mol. The first kappa shape index (κ1) is 28.8. The van der Waals surface area contributed by atoms with E-state index in [-0.39, 0.29) is 36.8 Å². The third-order valence-corrected chi connectivity index (χ3v) is 6.44. The molecule has 0 fully saturated rings. The van der Waals surface area contributed by atoms with Crippen LogP contribution in [0.15, 0.2) is 78.2 Å². The largest absolute Gasteiger partial charge is 0.416 e. The molecular weight excluding hydrogens is 577 g/mol. The molecular formula is C27H22ClF3N8O3. The maximum absolute atomic E-state index is 13.1. The van der Waals surface area contributed by atoms with Crippen molar-refractivity contribution in [1.29, 1.82) is 0 Å². The van der Waals surface area contributed by atoms with Crippen LogP contribution in [0.2, 0.25) is 5.02 Å². The van der Waals surface area contributed by atoms with Gasteiger partial charge in [-0.3, -0.25) is 19.3 Å². The first-order valence-electron chi connectivity index (χ1n) is 12.5. The summed E-state index contributed by atoms with van der Waals surface area (Å²) < 4.78 is 42.4. The van der Waals surface area contributed by atoms with E-state index < -0.39 is 24.5 Å². The fourth-order valence-electron chi connectivity index (χ4n) is 4.17. The molecule has 1 N–H and O–H groups in total. The molecule has 0 radical (unpaired) electrons. The van der Waals surface area contributed by atoms with E-state index >= 15 is 0 Å². The van der Waals surface area contributed by atoms with Crippen molar-refractivity contribution >= 4 is 17.4 Å². The fourth-order valence-corrected chi connectivity index (χ4v) is 4.30. The van der Waals surface area contributed by atoms with Crippen molar-refractivity contribution in [2.24, 2.45) is 0 Å². The lowest BCUT2D eigenvalue weighted by Crippen LogP contribution is -2.37. The second-order valence-corrected chi connectivity index (χ2v) is 9.70. The molecule has 216 valence electrons. The third-order valence-electron chi connectivity index (χ3n) is 6.19. The number of aliphatic hydroxyl groups excluding tert-OH is 1. The lowest BCUT2D eigenvalue weighted by molar-refractivity contribution is -0.207. The zero-order valence-electron chi connectivity index (χ0n) is 21.7. The van der Waals surface area contributed by atoms with Gasteiger partial charge < -0.3 is 5.11 Å². The molecule has 4 aromatic heterocycles. The highest BCUT2D eigenvalue weighted by Gasteiger charge is 2.39. The Labute approximate surface area is 240 Å². The minimum Gasteiger partial charge on any atom is -0.382 e. The minimum absolute atomic E-state index is 0.0239. The van der Waals surface area contributed by atoms with Crippen LogP contribution in [0.5, 0.6) is 0 Å². The number of rotatable bonds is 10. The topological polar surface area (TPSA) is 134 Å². The molecule has 1 aromatic carbocycles. The van der Waals surface area contributed by atoms with Crippen LogP contribution in [0.25, 0.3) is 17.1 Å². The van der Waals surface area contributed by atoms with Gasteiger partial charge in [0, 0.05) is 35.6 Å². The Morgan fingerprint density at radius 3 is 2.48 bits per heavy atom. The van der Waals surface area contributed by atoms with E-state index in [2.05, 4.69) is 25.1 Å². The number of ketones is 1. The van der Waals surface area contributed by atoms with Gasteiger partial charge in [-0.25, -0.2) is 19.1 Å². The van der Waals surface area contributed by atoms with E-state index in [1.165, 1.54) is 35.3 Å². The standard InChI is InChI=1S/C27H22ClF3N8O3/c28-19-7-5-18(6-8-19)25-36-38(26(42)37(25)14-23(41)27(29,30)31)15-24-34-16-39(35-24)22-4-2-10-33-21(22)12-20(40)11-17-3-1-9-32-13-17/h1-10,13,16,23,41H,11-12,14-15H2/t23-/m0/s1. The van der Waals surface area contributed by atoms with E-state index in [0.29, 0.717) is 22.0 Å². The third kappa shape index (κ3) is 6.61. The molecule has 0 aliphatic heterocycles. The molecule has 5 rings (SSSR count). The first-order chi connectivity index (χ1) is 20.1. The summed E-state index contributed by atoms with van der Waals surface area (Å²) in [5, 5.41) is 18.6. The summed E-state index contributed by atoms with van der Waals surface area (Å²) >= 11 is 5.93. The Morgan fingerprint density at radius 1 is 1.00 bits per heavy atom. The molecule has 0 amide bonds. The zero-order chi connectivity index (χ0) is 29.9. The molecule has 1 atom stereocenters. The predicted octanol–water partition coefficient (Wildman–Crippen LogP) is 3.06. The van der Waals surface area contributed by atoms with Gasteiger partial charge in [-0.05, 0) is 48.0 Å². The Balaban J connectivity index is 1.40. The number of aromatic nitrogens is 8. The van der Waals surface area contributed by atoms with Crippen molar-refractivity contribution in [1.82, 2.24) is 39.1 Å². The van der Waals surface area contributed by atoms with E-state index in [4.69, 9.17) is 11.6 Å². The van der Waals surface area contributed by atoms with Crippen molar-refractivity contribution < 1.29 is 23.1 Å². The summed E-state index contributed by atoms with van der Waals surface area (Å²) in [7, 11) is 0. The zero-order valence-corrected chi connectivity index (χ0v) is 22.4. The smallest absolute Gasteiger partial charge is 0.382 e. The number of carbonyl (C=O) groups is 1. The number of halogens is 4. The average Bonchev–Trinajstić information content (AvgIpc) is 3.54. The molecule has 4 heterocycles. The Kier molecular flexibility index (Phi) is 8.27. The van der Waals surface area contributed by atoms with E-state index in [0.717, 1.165) is 14.8 Å². The quantitative estimate of drug-likeness (QED) is 0.259. The van der Waals surface area contributed by atoms with E-state index in [9.17, 15) is 27.9 Å². The van der Waals surface area contributed by atoms with Crippen LogP contribution in [0.3, 0.4) is 0 Å². The van der Waals surface area contributed by atoms with Crippen molar-refractivity contribution in [3.8, 4) is 17.1 Å². The monoisotopic (exact) mass is 598 g/mol. The number of aliphatic hydroxyl groups is 1. The van der Waals surface area contributed by atoms with Crippen LogP contribution in [-0.4, -0.2) is 62.3 Å². The molecule has 0 aliphatic rings. The molecule has 5 aromatic rings. The Hall–Kier alpha value is -4.69. The van der Waals surface area contributed by atoms with Crippen molar-refractivity contribution in [3.63, 3.8) is 0 Å². The number of hydrogen-bond acceptors (Lipinski definition) is 8. The van der Waals surface area contributed by atoms with Gasteiger partial charge in [-0.15, -0.1) is 10.2 Å². The van der Waals surface area contributed by atoms with E-state index in [1.807, 2.05) is 0 Å². The van der Waals surface area contributed by atoms with Crippen molar-refractivity contribution in [2.75, 3.05) is 0 Å². The normalized spacial score (nSPS) is 12.4. The summed E-state index contributed by atoms with van der Waals surface area (Å²) in [5.41, 5.74) is 1.13. The van der Waals surface area contributed by atoms with Crippen molar-refractivity contribution in [2.45, 2.75) is 38.2 Å². The summed E-state index contributed by atoms with van der Waals surface area (Å²) in [6.07, 6.45) is -1.37. The minimum atomic E-state index is -4.94. The SMILES string of the molecule is O=C(Cc1cccnc1)Cc1ncccc1-n1cnc(Cn2nc(-c3ccc(Cl)cc3)n(C[C@H](O)C(F)(F)F)c2=O)n1. The molecule has 0 saturated heterocycles. The number of Topliss-reactive ketones (excluding diaryl/α,β-unsaturated/α-hetero) is 1. The number of carbonyl (C=O) groups excluding carboxylic acids is 1. The highest BCUT2D eigenvalue weighted by molar-refractivity contribution is 6.30. The van der Waals surface area contributed by atoms with Gasteiger partial charge in [0.1, 0.15) is 18.7 Å². The molecule has 11 nitrogen and oxygen atoms in total. The van der Waals surface area contributed by atoms with Crippen molar-refractivity contribution in [3.05, 3.63) is 106 Å². The van der Waals surface area contributed by atoms with Crippen LogP contribution >= 0.6 is 11.6 Å². The van der Waals surface area contributed by atoms with Gasteiger partial charge in [-0.2, -0.15) is 13.2 Å². The number of alkyl halides is 3. The molecule has 0 bridgehead atoms. The molecule has 0 spiro atoms. The Morgan fingerprint density at radius 2 is 1.76 bits per heavy atom. The summed E-state index contributed by atoms with van der Waals surface area (Å²) in [6.45, 7) is -1.34. The van der Waals surface area contributed by atoms with Gasteiger partial charge in [-0.1, -0.05) is 17.7 Å². The molecule has 0 unspecified atom stereocenters. The van der Waals surface area contributed by atoms with Crippen LogP contribution < -0.4 is 5.69 Å². The highest BCUT2D eigenvalue weighted by Crippen LogP contribution is 2.24. The van der Waals surface area contributed by atoms with Crippen LogP contribution in [0, 0.1) is 0 Å². The Bertz CT molecular complexity index is 1750. The van der Waals surface area contributed by atoms with Gasteiger partial charge in [0.25, 0.3) is 0 Å².